The third-order valence-electron chi connectivity index (χ3n) is 4.60. The minimum Gasteiger partial charge on any atom is -0.370 e. The van der Waals surface area contributed by atoms with Crippen molar-refractivity contribution in [2.75, 3.05) is 29.9 Å². The molecule has 1 unspecified atom stereocenters. The molecular weight excluding hydrogens is 328 g/mol. The molecule has 2 aliphatic rings. The van der Waals surface area contributed by atoms with Crippen LogP contribution in [0.1, 0.15) is 42.5 Å². The van der Waals surface area contributed by atoms with Gasteiger partial charge in [0.05, 0.1) is 11.4 Å². The lowest BCUT2D eigenvalue weighted by atomic mass is 10.1. The van der Waals surface area contributed by atoms with Crippen molar-refractivity contribution in [3.63, 3.8) is 0 Å². The molecule has 3 rings (SSSR count). The minimum absolute atomic E-state index is 0. The number of rotatable bonds is 5. The first-order chi connectivity index (χ1) is 11.1. The number of primary amides is 1. The summed E-state index contributed by atoms with van der Waals surface area (Å²) < 4.78 is 0. The summed E-state index contributed by atoms with van der Waals surface area (Å²) in [5.41, 5.74) is 7.45. The topological polar surface area (TPSA) is 87.5 Å². The lowest BCUT2D eigenvalue weighted by Crippen LogP contribution is -2.28. The predicted molar refractivity (Wildman–Crippen MR) is 97.9 cm³/mol. The second kappa shape index (κ2) is 8.35. The summed E-state index contributed by atoms with van der Waals surface area (Å²) in [5.74, 6) is -0.502. The van der Waals surface area contributed by atoms with Gasteiger partial charge >= 0.3 is 0 Å². The van der Waals surface area contributed by atoms with Crippen molar-refractivity contribution in [1.82, 2.24) is 5.32 Å². The van der Waals surface area contributed by atoms with Gasteiger partial charge in [-0.2, -0.15) is 0 Å². The molecule has 0 aliphatic carbocycles. The summed E-state index contributed by atoms with van der Waals surface area (Å²) in [6, 6.07) is 5.55. The van der Waals surface area contributed by atoms with Gasteiger partial charge in [0, 0.05) is 31.1 Å². The van der Waals surface area contributed by atoms with Crippen molar-refractivity contribution in [2.24, 2.45) is 5.73 Å². The molecule has 0 radical (unpaired) electrons. The molecule has 2 heterocycles. The lowest BCUT2D eigenvalue weighted by molar-refractivity contribution is -0.116. The molecule has 2 amide bonds. The van der Waals surface area contributed by atoms with E-state index in [4.69, 9.17) is 5.73 Å². The monoisotopic (exact) mass is 352 g/mol. The number of nitrogens with two attached hydrogens (primary N) is 1. The number of benzene rings is 1. The summed E-state index contributed by atoms with van der Waals surface area (Å²) in [7, 11) is 0. The second-order valence-corrected chi connectivity index (χ2v) is 6.34. The van der Waals surface area contributed by atoms with Crippen LogP contribution in [0.5, 0.6) is 0 Å². The Balaban J connectivity index is 0.00000208. The van der Waals surface area contributed by atoms with E-state index >= 15 is 0 Å². The average molecular weight is 353 g/mol. The molecule has 0 spiro atoms. The van der Waals surface area contributed by atoms with E-state index < -0.39 is 5.91 Å². The van der Waals surface area contributed by atoms with E-state index in [0.29, 0.717) is 17.7 Å². The van der Waals surface area contributed by atoms with Crippen molar-refractivity contribution in [3.8, 4) is 0 Å². The molecule has 6 nitrogen and oxygen atoms in total. The van der Waals surface area contributed by atoms with Crippen LogP contribution in [0.25, 0.3) is 0 Å². The molecule has 0 aromatic heterocycles. The third kappa shape index (κ3) is 4.39. The van der Waals surface area contributed by atoms with Crippen LogP contribution in [-0.4, -0.2) is 37.5 Å². The number of nitrogens with zero attached hydrogens (tertiary/aromatic N) is 1. The van der Waals surface area contributed by atoms with Gasteiger partial charge in [-0.05, 0) is 50.4 Å². The van der Waals surface area contributed by atoms with E-state index in [2.05, 4.69) is 15.5 Å². The smallest absolute Gasteiger partial charge is 0.248 e. The molecule has 24 heavy (non-hydrogen) atoms. The minimum atomic E-state index is -0.481. The average Bonchev–Trinajstić information content (AvgIpc) is 3.20. The van der Waals surface area contributed by atoms with Crippen molar-refractivity contribution in [2.45, 2.75) is 38.1 Å². The molecule has 1 atom stereocenters. The molecular formula is C17H25ClN4O2. The maximum atomic E-state index is 12.3. The Labute approximate surface area is 148 Å². The zero-order valence-electron chi connectivity index (χ0n) is 13.7. The van der Waals surface area contributed by atoms with Gasteiger partial charge in [0.2, 0.25) is 11.8 Å². The number of nitrogens with one attached hydrogen (secondary N) is 2. The Kier molecular flexibility index (Phi) is 6.45. The number of hydrogen-bond donors (Lipinski definition) is 3. The number of carbonyl (C=O) groups is 2. The van der Waals surface area contributed by atoms with Crippen molar-refractivity contribution in [1.29, 1.82) is 0 Å². The largest absolute Gasteiger partial charge is 0.370 e. The molecule has 0 saturated carbocycles. The van der Waals surface area contributed by atoms with Crippen LogP contribution in [0.3, 0.4) is 0 Å². The fourth-order valence-corrected chi connectivity index (χ4v) is 3.38. The first-order valence-corrected chi connectivity index (χ1v) is 8.35. The number of anilines is 2. The van der Waals surface area contributed by atoms with Gasteiger partial charge in [-0.3, -0.25) is 9.59 Å². The molecule has 1 aromatic rings. The standard InChI is InChI=1S/C17H24N4O2.ClH/c18-17(23)12-5-6-15(21-8-1-2-9-21)14(10-12)20-16(22)11-13-4-3-7-19-13;/h5-6,10,13,19H,1-4,7-9,11H2,(H2,18,23)(H,20,22);1H. The molecule has 2 saturated heterocycles. The quantitative estimate of drug-likeness (QED) is 0.755. The Bertz CT molecular complexity index is 596. The normalized spacial score (nSPS) is 19.8. The highest BCUT2D eigenvalue weighted by Crippen LogP contribution is 2.30. The summed E-state index contributed by atoms with van der Waals surface area (Å²) >= 11 is 0. The molecule has 4 N–H and O–H groups in total. The molecule has 0 bridgehead atoms. The highest BCUT2D eigenvalue weighted by atomic mass is 35.5. The summed E-state index contributed by atoms with van der Waals surface area (Å²) in [6.45, 7) is 2.93. The highest BCUT2D eigenvalue weighted by Gasteiger charge is 2.21. The first-order valence-electron chi connectivity index (χ1n) is 8.35. The van der Waals surface area contributed by atoms with Crippen molar-refractivity contribution < 1.29 is 9.59 Å². The summed E-state index contributed by atoms with van der Waals surface area (Å²) in [4.78, 5) is 26.0. The Morgan fingerprint density at radius 2 is 2.00 bits per heavy atom. The van der Waals surface area contributed by atoms with E-state index in [0.717, 1.165) is 51.0 Å². The van der Waals surface area contributed by atoms with E-state index in [1.54, 1.807) is 12.1 Å². The summed E-state index contributed by atoms with van der Waals surface area (Å²) in [5, 5.41) is 6.31. The number of amides is 2. The van der Waals surface area contributed by atoms with Crippen LogP contribution in [0.2, 0.25) is 0 Å². The van der Waals surface area contributed by atoms with Gasteiger partial charge in [0.15, 0.2) is 0 Å². The fraction of sp³-hybridized carbons (Fsp3) is 0.529. The van der Waals surface area contributed by atoms with E-state index in [1.165, 1.54) is 0 Å². The van der Waals surface area contributed by atoms with Gasteiger partial charge in [-0.15, -0.1) is 12.4 Å². The van der Waals surface area contributed by atoms with E-state index in [1.807, 2.05) is 6.07 Å². The van der Waals surface area contributed by atoms with Gasteiger partial charge < -0.3 is 21.3 Å². The van der Waals surface area contributed by atoms with Crippen molar-refractivity contribution >= 4 is 35.6 Å². The zero-order chi connectivity index (χ0) is 16.2. The molecule has 132 valence electrons. The molecule has 1 aromatic carbocycles. The van der Waals surface area contributed by atoms with Crippen LogP contribution in [0.4, 0.5) is 11.4 Å². The molecule has 2 aliphatic heterocycles. The summed E-state index contributed by atoms with van der Waals surface area (Å²) in [6.07, 6.45) is 4.91. The van der Waals surface area contributed by atoms with Gasteiger partial charge in [0.25, 0.3) is 0 Å². The number of hydrogen-bond acceptors (Lipinski definition) is 4. The maximum Gasteiger partial charge on any atom is 0.248 e. The zero-order valence-corrected chi connectivity index (χ0v) is 14.5. The predicted octanol–water partition coefficient (Wildman–Crippen LogP) is 1.89. The van der Waals surface area contributed by atoms with E-state index in [9.17, 15) is 9.59 Å². The lowest BCUT2D eigenvalue weighted by Gasteiger charge is -2.22. The van der Waals surface area contributed by atoms with Gasteiger partial charge in [-0.1, -0.05) is 0 Å². The fourth-order valence-electron chi connectivity index (χ4n) is 3.38. The molecule has 2 fully saturated rings. The number of carbonyl (C=O) groups excluding carboxylic acids is 2. The molecule has 7 heteroatoms. The van der Waals surface area contributed by atoms with Crippen LogP contribution in [0, 0.1) is 0 Å². The van der Waals surface area contributed by atoms with Crippen LogP contribution in [-0.2, 0) is 4.79 Å². The Morgan fingerprint density at radius 3 is 2.62 bits per heavy atom. The number of halogens is 1. The van der Waals surface area contributed by atoms with Gasteiger partial charge in [-0.25, -0.2) is 0 Å². The SMILES string of the molecule is Cl.NC(=O)c1ccc(N2CCCC2)c(NC(=O)CC2CCCN2)c1. The van der Waals surface area contributed by atoms with E-state index in [-0.39, 0.29) is 24.4 Å². The van der Waals surface area contributed by atoms with Crippen LogP contribution in [0.15, 0.2) is 18.2 Å². The van der Waals surface area contributed by atoms with Crippen LogP contribution < -0.4 is 21.3 Å². The van der Waals surface area contributed by atoms with Crippen LogP contribution >= 0.6 is 12.4 Å². The first kappa shape index (κ1) is 18.5. The highest BCUT2D eigenvalue weighted by molar-refractivity contribution is 5.99. The maximum absolute atomic E-state index is 12.3. The third-order valence-corrected chi connectivity index (χ3v) is 4.60. The Hall–Kier alpha value is -1.79. The Morgan fingerprint density at radius 1 is 1.25 bits per heavy atom. The van der Waals surface area contributed by atoms with Gasteiger partial charge in [0.1, 0.15) is 0 Å². The second-order valence-electron chi connectivity index (χ2n) is 6.34. The van der Waals surface area contributed by atoms with Crippen molar-refractivity contribution in [3.05, 3.63) is 23.8 Å².